The minimum atomic E-state index is -0.226. The molecule has 2 N–H and O–H groups in total. The molecule has 2 aromatic rings. The van der Waals surface area contributed by atoms with E-state index < -0.39 is 0 Å². The Morgan fingerprint density at radius 3 is 2.87 bits per heavy atom. The molecule has 1 heterocycles. The lowest BCUT2D eigenvalue weighted by Crippen LogP contribution is -2.15. The summed E-state index contributed by atoms with van der Waals surface area (Å²) in [6, 6.07) is 9.30. The van der Waals surface area contributed by atoms with Gasteiger partial charge in [0, 0.05) is 42.3 Å². The quantitative estimate of drug-likeness (QED) is 0.719. The number of pyridine rings is 1. The van der Waals surface area contributed by atoms with Gasteiger partial charge in [0.2, 0.25) is 0 Å². The largest absolute Gasteiger partial charge is 0.385 e. The van der Waals surface area contributed by atoms with Gasteiger partial charge in [-0.3, -0.25) is 9.78 Å². The Morgan fingerprint density at radius 2 is 2.13 bits per heavy atom. The first-order valence-corrected chi connectivity index (χ1v) is 8.16. The minimum Gasteiger partial charge on any atom is -0.385 e. The summed E-state index contributed by atoms with van der Waals surface area (Å²) in [5.74, 6) is -0.226. The Hall–Kier alpha value is -1.92. The summed E-state index contributed by atoms with van der Waals surface area (Å²) < 4.78 is 5.99. The highest BCUT2D eigenvalue weighted by molar-refractivity contribution is 9.10. The van der Waals surface area contributed by atoms with Crippen LogP contribution in [0.1, 0.15) is 22.5 Å². The van der Waals surface area contributed by atoms with Gasteiger partial charge in [-0.1, -0.05) is 15.9 Å². The zero-order chi connectivity index (χ0) is 16.7. The summed E-state index contributed by atoms with van der Waals surface area (Å²) in [6.07, 6.45) is 2.53. The molecule has 0 aliphatic heterocycles. The highest BCUT2D eigenvalue weighted by atomic mass is 79.9. The number of benzene rings is 1. The van der Waals surface area contributed by atoms with Crippen molar-refractivity contribution in [3.8, 4) is 0 Å². The fraction of sp³-hybridized carbons (Fsp3) is 0.294. The lowest BCUT2D eigenvalue weighted by Gasteiger charge is -2.10. The molecule has 0 atom stereocenters. The van der Waals surface area contributed by atoms with Crippen LogP contribution in [0.5, 0.6) is 0 Å². The van der Waals surface area contributed by atoms with Gasteiger partial charge >= 0.3 is 0 Å². The molecule has 2 rings (SSSR count). The number of amides is 1. The molecule has 0 aliphatic rings. The molecular formula is C17H20BrN3O2. The fourth-order valence-corrected chi connectivity index (χ4v) is 2.54. The highest BCUT2D eigenvalue weighted by Gasteiger charge is 2.10. The zero-order valence-corrected chi connectivity index (χ0v) is 14.8. The lowest BCUT2D eigenvalue weighted by atomic mass is 10.2. The van der Waals surface area contributed by atoms with Crippen molar-refractivity contribution in [3.05, 3.63) is 52.3 Å². The van der Waals surface area contributed by atoms with Crippen LogP contribution in [0.15, 0.2) is 41.0 Å². The average Bonchev–Trinajstić information content (AvgIpc) is 2.54. The second kappa shape index (κ2) is 8.64. The minimum absolute atomic E-state index is 0.226. The Morgan fingerprint density at radius 1 is 1.30 bits per heavy atom. The maximum absolute atomic E-state index is 12.3. The van der Waals surface area contributed by atoms with Gasteiger partial charge in [-0.2, -0.15) is 0 Å². The molecule has 0 fully saturated rings. The second-order valence-corrected chi connectivity index (χ2v) is 6.03. The number of nitrogens with one attached hydrogen (secondary N) is 2. The van der Waals surface area contributed by atoms with Gasteiger partial charge in [0.15, 0.2) is 0 Å². The number of ether oxygens (including phenoxy) is 1. The van der Waals surface area contributed by atoms with Gasteiger partial charge in [-0.05, 0) is 49.2 Å². The summed E-state index contributed by atoms with van der Waals surface area (Å²) in [5.41, 5.74) is 3.01. The van der Waals surface area contributed by atoms with Crippen LogP contribution in [0.25, 0.3) is 0 Å². The summed E-state index contributed by atoms with van der Waals surface area (Å²) in [6.45, 7) is 3.43. The van der Waals surface area contributed by atoms with Crippen molar-refractivity contribution in [2.45, 2.75) is 13.3 Å². The summed E-state index contributed by atoms with van der Waals surface area (Å²) in [7, 11) is 1.68. The molecule has 0 bridgehead atoms. The molecule has 1 aromatic carbocycles. The van der Waals surface area contributed by atoms with E-state index in [1.807, 2.05) is 31.2 Å². The molecule has 0 saturated heterocycles. The summed E-state index contributed by atoms with van der Waals surface area (Å²) in [5, 5.41) is 6.14. The predicted molar refractivity (Wildman–Crippen MR) is 96.1 cm³/mol. The number of hydrogen-bond acceptors (Lipinski definition) is 4. The third kappa shape index (κ3) is 5.33. The van der Waals surface area contributed by atoms with Crippen LogP contribution in [0, 0.1) is 6.92 Å². The Bertz CT molecular complexity index is 677. The van der Waals surface area contributed by atoms with E-state index in [1.54, 1.807) is 19.4 Å². The van der Waals surface area contributed by atoms with Crippen molar-refractivity contribution < 1.29 is 9.53 Å². The molecule has 122 valence electrons. The normalized spacial score (nSPS) is 10.4. The standard InChI is InChI=1S/C17H20BrN3O2/c1-12-10-13(18)4-5-15(12)21-17(22)16-11-14(6-8-20-16)19-7-3-9-23-2/h4-6,8,10-11H,3,7,9H2,1-2H3,(H,19,20)(H,21,22). The Kier molecular flexibility index (Phi) is 6.55. The maximum Gasteiger partial charge on any atom is 0.274 e. The van der Waals surface area contributed by atoms with Gasteiger partial charge in [-0.25, -0.2) is 0 Å². The number of carbonyl (C=O) groups is 1. The van der Waals surface area contributed by atoms with Crippen molar-refractivity contribution in [1.29, 1.82) is 0 Å². The van der Waals surface area contributed by atoms with Crippen molar-refractivity contribution in [1.82, 2.24) is 4.98 Å². The van der Waals surface area contributed by atoms with Crippen LogP contribution in [-0.2, 0) is 4.74 Å². The molecule has 1 amide bonds. The van der Waals surface area contributed by atoms with Crippen LogP contribution in [-0.4, -0.2) is 31.2 Å². The Labute approximate surface area is 144 Å². The first kappa shape index (κ1) is 17.4. The predicted octanol–water partition coefficient (Wildman–Crippen LogP) is 3.85. The van der Waals surface area contributed by atoms with Crippen molar-refractivity contribution in [2.24, 2.45) is 0 Å². The number of halogens is 1. The summed E-state index contributed by atoms with van der Waals surface area (Å²) in [4.78, 5) is 16.5. The molecular weight excluding hydrogens is 358 g/mol. The number of methoxy groups -OCH3 is 1. The van der Waals surface area contributed by atoms with Gasteiger partial charge in [0.05, 0.1) is 0 Å². The number of rotatable bonds is 7. The van der Waals surface area contributed by atoms with E-state index in [-0.39, 0.29) is 5.91 Å². The van der Waals surface area contributed by atoms with Crippen LogP contribution in [0.2, 0.25) is 0 Å². The maximum atomic E-state index is 12.3. The van der Waals surface area contributed by atoms with Crippen LogP contribution in [0.4, 0.5) is 11.4 Å². The topological polar surface area (TPSA) is 63.2 Å². The third-order valence-electron chi connectivity index (χ3n) is 3.28. The molecule has 1 aromatic heterocycles. The molecule has 0 unspecified atom stereocenters. The van der Waals surface area contributed by atoms with E-state index >= 15 is 0 Å². The number of aryl methyl sites for hydroxylation is 1. The highest BCUT2D eigenvalue weighted by Crippen LogP contribution is 2.20. The molecule has 23 heavy (non-hydrogen) atoms. The van der Waals surface area contributed by atoms with E-state index in [9.17, 15) is 4.79 Å². The molecule has 0 spiro atoms. The molecule has 5 nitrogen and oxygen atoms in total. The van der Waals surface area contributed by atoms with Crippen molar-refractivity contribution >= 4 is 33.2 Å². The average molecular weight is 378 g/mol. The monoisotopic (exact) mass is 377 g/mol. The fourth-order valence-electron chi connectivity index (χ4n) is 2.07. The summed E-state index contributed by atoms with van der Waals surface area (Å²) >= 11 is 3.41. The first-order valence-electron chi connectivity index (χ1n) is 7.36. The molecule has 0 aliphatic carbocycles. The van der Waals surface area contributed by atoms with E-state index in [0.717, 1.165) is 34.4 Å². The number of hydrogen-bond donors (Lipinski definition) is 2. The van der Waals surface area contributed by atoms with Gasteiger partial charge in [0.25, 0.3) is 5.91 Å². The van der Waals surface area contributed by atoms with Gasteiger partial charge in [-0.15, -0.1) is 0 Å². The van der Waals surface area contributed by atoms with E-state index in [1.165, 1.54) is 0 Å². The number of anilines is 2. The first-order chi connectivity index (χ1) is 11.1. The number of carbonyl (C=O) groups excluding carboxylic acids is 1. The van der Waals surface area contributed by atoms with Crippen LogP contribution < -0.4 is 10.6 Å². The van der Waals surface area contributed by atoms with Crippen LogP contribution >= 0.6 is 15.9 Å². The third-order valence-corrected chi connectivity index (χ3v) is 3.78. The smallest absolute Gasteiger partial charge is 0.274 e. The van der Waals surface area contributed by atoms with E-state index in [2.05, 4.69) is 31.5 Å². The van der Waals surface area contributed by atoms with Crippen LogP contribution in [0.3, 0.4) is 0 Å². The molecule has 6 heteroatoms. The lowest BCUT2D eigenvalue weighted by molar-refractivity contribution is 0.102. The Balaban J connectivity index is 2.01. The number of aromatic nitrogens is 1. The second-order valence-electron chi connectivity index (χ2n) is 5.12. The van der Waals surface area contributed by atoms with E-state index in [4.69, 9.17) is 4.74 Å². The zero-order valence-electron chi connectivity index (χ0n) is 13.2. The number of nitrogens with zero attached hydrogens (tertiary/aromatic N) is 1. The van der Waals surface area contributed by atoms with Crippen molar-refractivity contribution in [2.75, 3.05) is 30.9 Å². The molecule has 0 radical (unpaired) electrons. The van der Waals surface area contributed by atoms with E-state index in [0.29, 0.717) is 12.3 Å². The SMILES string of the molecule is COCCCNc1ccnc(C(=O)Nc2ccc(Br)cc2C)c1. The van der Waals surface area contributed by atoms with Gasteiger partial charge in [0.1, 0.15) is 5.69 Å². The van der Waals surface area contributed by atoms with Gasteiger partial charge < -0.3 is 15.4 Å². The van der Waals surface area contributed by atoms with Crippen molar-refractivity contribution in [3.63, 3.8) is 0 Å². The molecule has 0 saturated carbocycles.